The monoisotopic (exact) mass is 220 g/mol. The third-order valence-electron chi connectivity index (χ3n) is 2.85. The minimum Gasteiger partial charge on any atom is -0.395 e. The number of benzene rings is 1. The fourth-order valence-electron chi connectivity index (χ4n) is 1.94. The summed E-state index contributed by atoms with van der Waals surface area (Å²) >= 11 is 0. The molecule has 1 aliphatic heterocycles. The number of rotatable bonds is 3. The molecule has 1 aliphatic rings. The first-order valence-corrected chi connectivity index (χ1v) is 5.40. The lowest BCUT2D eigenvalue weighted by Gasteiger charge is -2.16. The minimum absolute atomic E-state index is 0.0188. The Kier molecular flexibility index (Phi) is 2.94. The van der Waals surface area contributed by atoms with E-state index in [0.29, 0.717) is 0 Å². The molecule has 2 atom stereocenters. The summed E-state index contributed by atoms with van der Waals surface area (Å²) in [5, 5.41) is 15.0. The van der Waals surface area contributed by atoms with Crippen LogP contribution in [-0.2, 0) is 4.79 Å². The first-order chi connectivity index (χ1) is 7.63. The second-order valence-electron chi connectivity index (χ2n) is 4.21. The zero-order valence-corrected chi connectivity index (χ0v) is 9.45. The highest BCUT2D eigenvalue weighted by molar-refractivity contribution is 6.03. The van der Waals surface area contributed by atoms with Crippen molar-refractivity contribution in [2.75, 3.05) is 11.9 Å². The van der Waals surface area contributed by atoms with Crippen molar-refractivity contribution >= 4 is 11.6 Å². The van der Waals surface area contributed by atoms with E-state index >= 15 is 0 Å². The van der Waals surface area contributed by atoms with E-state index < -0.39 is 0 Å². The summed E-state index contributed by atoms with van der Waals surface area (Å²) in [7, 11) is 0. The number of aryl methyl sites for hydroxylation is 1. The Morgan fingerprint density at radius 3 is 3.00 bits per heavy atom. The quantitative estimate of drug-likeness (QED) is 0.711. The molecule has 0 aliphatic carbocycles. The van der Waals surface area contributed by atoms with Crippen molar-refractivity contribution < 1.29 is 9.90 Å². The van der Waals surface area contributed by atoms with Crippen molar-refractivity contribution in [2.45, 2.75) is 25.9 Å². The van der Waals surface area contributed by atoms with Crippen molar-refractivity contribution in [1.29, 1.82) is 0 Å². The van der Waals surface area contributed by atoms with Gasteiger partial charge in [0.15, 0.2) is 0 Å². The number of nitrogens with one attached hydrogen (secondary N) is 2. The van der Waals surface area contributed by atoms with Crippen LogP contribution in [0.25, 0.3) is 0 Å². The van der Waals surface area contributed by atoms with E-state index in [0.717, 1.165) is 16.8 Å². The highest BCUT2D eigenvalue weighted by Crippen LogP contribution is 2.33. The van der Waals surface area contributed by atoms with Crippen LogP contribution in [0.3, 0.4) is 0 Å². The zero-order chi connectivity index (χ0) is 11.7. The molecule has 16 heavy (non-hydrogen) atoms. The van der Waals surface area contributed by atoms with Crippen LogP contribution >= 0.6 is 0 Å². The lowest BCUT2D eigenvalue weighted by molar-refractivity contribution is -0.117. The largest absolute Gasteiger partial charge is 0.395 e. The van der Waals surface area contributed by atoms with Crippen LogP contribution in [0, 0.1) is 6.92 Å². The van der Waals surface area contributed by atoms with Gasteiger partial charge in [0, 0.05) is 17.3 Å². The standard InChI is InChI=1S/C12H16N2O2/c1-7-4-3-5-9-10(7)14-12(16)11(9)13-8(2)6-15/h3-5,8,11,13,15H,6H2,1-2H3,(H,14,16). The molecule has 86 valence electrons. The summed E-state index contributed by atoms with van der Waals surface area (Å²) in [6, 6.07) is 5.39. The van der Waals surface area contributed by atoms with Gasteiger partial charge >= 0.3 is 0 Å². The first kappa shape index (κ1) is 11.1. The van der Waals surface area contributed by atoms with Crippen LogP contribution in [-0.4, -0.2) is 23.7 Å². The van der Waals surface area contributed by atoms with Gasteiger partial charge in [0.1, 0.15) is 6.04 Å². The van der Waals surface area contributed by atoms with Gasteiger partial charge in [0.2, 0.25) is 5.91 Å². The van der Waals surface area contributed by atoms with E-state index in [-0.39, 0.29) is 24.6 Å². The van der Waals surface area contributed by atoms with Gasteiger partial charge in [-0.15, -0.1) is 0 Å². The molecular formula is C12H16N2O2. The molecule has 0 saturated carbocycles. The number of fused-ring (bicyclic) bond motifs is 1. The van der Waals surface area contributed by atoms with Crippen LogP contribution in [0.4, 0.5) is 5.69 Å². The summed E-state index contributed by atoms with van der Waals surface area (Å²) in [6.45, 7) is 3.84. The molecule has 1 amide bonds. The second kappa shape index (κ2) is 4.23. The fourth-order valence-corrected chi connectivity index (χ4v) is 1.94. The van der Waals surface area contributed by atoms with Crippen molar-refractivity contribution in [3.8, 4) is 0 Å². The molecule has 0 spiro atoms. The normalized spacial score (nSPS) is 20.4. The summed E-state index contributed by atoms with van der Waals surface area (Å²) in [5.41, 5.74) is 2.92. The van der Waals surface area contributed by atoms with Gasteiger partial charge < -0.3 is 10.4 Å². The zero-order valence-electron chi connectivity index (χ0n) is 9.45. The van der Waals surface area contributed by atoms with Crippen LogP contribution in [0.2, 0.25) is 0 Å². The summed E-state index contributed by atoms with van der Waals surface area (Å²) in [4.78, 5) is 11.8. The number of aliphatic hydroxyl groups is 1. The summed E-state index contributed by atoms with van der Waals surface area (Å²) in [5.74, 6) is -0.0513. The van der Waals surface area contributed by atoms with Crippen LogP contribution in [0.5, 0.6) is 0 Å². The van der Waals surface area contributed by atoms with E-state index in [2.05, 4.69) is 10.6 Å². The van der Waals surface area contributed by atoms with Gasteiger partial charge in [0.25, 0.3) is 0 Å². The molecule has 1 aromatic rings. The van der Waals surface area contributed by atoms with Gasteiger partial charge in [-0.25, -0.2) is 0 Å². The molecule has 4 heteroatoms. The van der Waals surface area contributed by atoms with E-state index in [1.807, 2.05) is 32.0 Å². The fraction of sp³-hybridized carbons (Fsp3) is 0.417. The first-order valence-electron chi connectivity index (χ1n) is 5.40. The van der Waals surface area contributed by atoms with Gasteiger partial charge in [-0.05, 0) is 19.4 Å². The van der Waals surface area contributed by atoms with Gasteiger partial charge in [-0.1, -0.05) is 18.2 Å². The number of carbonyl (C=O) groups excluding carboxylic acids is 1. The minimum atomic E-state index is -0.350. The van der Waals surface area contributed by atoms with Gasteiger partial charge in [-0.2, -0.15) is 0 Å². The molecule has 4 nitrogen and oxygen atoms in total. The Morgan fingerprint density at radius 1 is 1.56 bits per heavy atom. The number of anilines is 1. The number of para-hydroxylation sites is 1. The Morgan fingerprint density at radius 2 is 2.31 bits per heavy atom. The van der Waals surface area contributed by atoms with Crippen LogP contribution < -0.4 is 10.6 Å². The Bertz CT molecular complexity index is 417. The molecule has 0 saturated heterocycles. The van der Waals surface area contributed by atoms with Crippen molar-refractivity contribution in [1.82, 2.24) is 5.32 Å². The molecule has 1 aromatic carbocycles. The topological polar surface area (TPSA) is 61.4 Å². The molecule has 0 fully saturated rings. The summed E-state index contributed by atoms with van der Waals surface area (Å²) < 4.78 is 0. The highest BCUT2D eigenvalue weighted by atomic mass is 16.3. The van der Waals surface area contributed by atoms with E-state index in [9.17, 15) is 4.79 Å². The van der Waals surface area contributed by atoms with Crippen molar-refractivity contribution in [3.05, 3.63) is 29.3 Å². The van der Waals surface area contributed by atoms with E-state index in [1.165, 1.54) is 0 Å². The predicted molar refractivity (Wildman–Crippen MR) is 62.2 cm³/mol. The molecule has 0 radical (unpaired) electrons. The van der Waals surface area contributed by atoms with E-state index in [4.69, 9.17) is 5.11 Å². The predicted octanol–water partition coefficient (Wildman–Crippen LogP) is 0.959. The van der Waals surface area contributed by atoms with E-state index in [1.54, 1.807) is 0 Å². The molecule has 1 heterocycles. The number of hydrogen-bond acceptors (Lipinski definition) is 3. The molecule has 0 aromatic heterocycles. The maximum atomic E-state index is 11.8. The number of aliphatic hydroxyl groups excluding tert-OH is 1. The van der Waals surface area contributed by atoms with Crippen LogP contribution in [0.15, 0.2) is 18.2 Å². The SMILES string of the molecule is Cc1cccc2c1NC(=O)C2NC(C)CO. The maximum Gasteiger partial charge on any atom is 0.246 e. The molecule has 2 rings (SSSR count). The van der Waals surface area contributed by atoms with Crippen molar-refractivity contribution in [3.63, 3.8) is 0 Å². The maximum absolute atomic E-state index is 11.8. The lowest BCUT2D eigenvalue weighted by atomic mass is 10.0. The highest BCUT2D eigenvalue weighted by Gasteiger charge is 2.31. The Balaban J connectivity index is 2.29. The van der Waals surface area contributed by atoms with Crippen LogP contribution in [0.1, 0.15) is 24.1 Å². The van der Waals surface area contributed by atoms with Gasteiger partial charge in [-0.3, -0.25) is 10.1 Å². The third kappa shape index (κ3) is 1.81. The smallest absolute Gasteiger partial charge is 0.246 e. The van der Waals surface area contributed by atoms with Crippen molar-refractivity contribution in [2.24, 2.45) is 0 Å². The molecule has 3 N–H and O–H groups in total. The number of amides is 1. The average Bonchev–Trinajstić information content (AvgIpc) is 2.58. The number of hydrogen-bond donors (Lipinski definition) is 3. The Hall–Kier alpha value is -1.39. The molecule has 2 unspecified atom stereocenters. The third-order valence-corrected chi connectivity index (χ3v) is 2.85. The van der Waals surface area contributed by atoms with Gasteiger partial charge in [0.05, 0.1) is 6.61 Å². The molecule has 0 bridgehead atoms. The summed E-state index contributed by atoms with van der Waals surface area (Å²) in [6.07, 6.45) is 0. The molecular weight excluding hydrogens is 204 g/mol. The lowest BCUT2D eigenvalue weighted by Crippen LogP contribution is -2.36. The number of carbonyl (C=O) groups is 1. The average molecular weight is 220 g/mol. The second-order valence-corrected chi connectivity index (χ2v) is 4.21. The Labute approximate surface area is 94.7 Å².